The molecule has 1 heterocycles. The lowest BCUT2D eigenvalue weighted by Crippen LogP contribution is -1.89. The van der Waals surface area contributed by atoms with Crippen molar-refractivity contribution in [1.82, 2.24) is 0 Å². The molecule has 0 saturated heterocycles. The summed E-state index contributed by atoms with van der Waals surface area (Å²) in [4.78, 5) is 2.64. The van der Waals surface area contributed by atoms with Gasteiger partial charge in [0.1, 0.15) is 5.76 Å². The molecule has 5 heteroatoms. The van der Waals surface area contributed by atoms with Crippen LogP contribution in [0.4, 0.5) is 0 Å². The number of methoxy groups -OCH3 is 1. The standard InChI is InChI=1S/C7H9N3O2/c1-11-5-6-2-3-12-7(6)4-9-10-8/h2-3H,4-5H2,1H3. The van der Waals surface area contributed by atoms with E-state index in [4.69, 9.17) is 14.7 Å². The second-order valence-corrected chi connectivity index (χ2v) is 2.19. The van der Waals surface area contributed by atoms with E-state index in [1.165, 1.54) is 0 Å². The normalized spacial score (nSPS) is 9.42. The summed E-state index contributed by atoms with van der Waals surface area (Å²) >= 11 is 0. The van der Waals surface area contributed by atoms with Crippen molar-refractivity contribution in [3.63, 3.8) is 0 Å². The molecule has 0 atom stereocenters. The summed E-state index contributed by atoms with van der Waals surface area (Å²) < 4.78 is 9.99. The maximum Gasteiger partial charge on any atom is 0.115 e. The van der Waals surface area contributed by atoms with Gasteiger partial charge in [-0.2, -0.15) is 0 Å². The molecule has 0 aliphatic rings. The summed E-state index contributed by atoms with van der Waals surface area (Å²) in [7, 11) is 1.60. The maximum atomic E-state index is 8.07. The zero-order valence-electron chi connectivity index (χ0n) is 6.73. The quantitative estimate of drug-likeness (QED) is 0.392. The first-order valence-corrected chi connectivity index (χ1v) is 3.43. The molecule has 0 fully saturated rings. The lowest BCUT2D eigenvalue weighted by atomic mass is 10.2. The van der Waals surface area contributed by atoms with Gasteiger partial charge in [-0.1, -0.05) is 5.11 Å². The van der Waals surface area contributed by atoms with Crippen LogP contribution in [0.2, 0.25) is 0 Å². The third-order valence-electron chi connectivity index (χ3n) is 1.42. The van der Waals surface area contributed by atoms with Crippen LogP contribution in [0.1, 0.15) is 11.3 Å². The van der Waals surface area contributed by atoms with E-state index in [9.17, 15) is 0 Å². The van der Waals surface area contributed by atoms with E-state index in [1.54, 1.807) is 19.4 Å². The van der Waals surface area contributed by atoms with Gasteiger partial charge in [-0.15, -0.1) is 0 Å². The monoisotopic (exact) mass is 167 g/mol. The number of hydrogen-bond donors (Lipinski definition) is 0. The fraction of sp³-hybridized carbons (Fsp3) is 0.429. The third-order valence-corrected chi connectivity index (χ3v) is 1.42. The van der Waals surface area contributed by atoms with E-state index in [0.717, 1.165) is 5.56 Å². The van der Waals surface area contributed by atoms with Gasteiger partial charge in [0.15, 0.2) is 0 Å². The van der Waals surface area contributed by atoms with Gasteiger partial charge in [-0.3, -0.25) is 0 Å². The largest absolute Gasteiger partial charge is 0.469 e. The average Bonchev–Trinajstić information content (AvgIpc) is 2.50. The van der Waals surface area contributed by atoms with Crippen LogP contribution >= 0.6 is 0 Å². The second-order valence-electron chi connectivity index (χ2n) is 2.19. The number of furan rings is 1. The van der Waals surface area contributed by atoms with Crippen molar-refractivity contribution < 1.29 is 9.15 Å². The van der Waals surface area contributed by atoms with E-state index in [-0.39, 0.29) is 6.54 Å². The summed E-state index contributed by atoms with van der Waals surface area (Å²) in [6.45, 7) is 0.717. The van der Waals surface area contributed by atoms with E-state index in [2.05, 4.69) is 10.0 Å². The minimum atomic E-state index is 0.238. The molecule has 0 aliphatic heterocycles. The number of hydrogen-bond acceptors (Lipinski definition) is 3. The first-order chi connectivity index (χ1) is 5.88. The first kappa shape index (κ1) is 8.64. The minimum absolute atomic E-state index is 0.238. The Bertz CT molecular complexity index is 289. The third kappa shape index (κ3) is 2.02. The van der Waals surface area contributed by atoms with E-state index >= 15 is 0 Å². The highest BCUT2D eigenvalue weighted by Gasteiger charge is 2.03. The molecule has 0 saturated carbocycles. The van der Waals surface area contributed by atoms with Crippen molar-refractivity contribution in [3.05, 3.63) is 34.1 Å². The Hall–Kier alpha value is -1.45. The summed E-state index contributed by atoms with van der Waals surface area (Å²) in [5.41, 5.74) is 8.99. The van der Waals surface area contributed by atoms with Crippen LogP contribution in [0, 0.1) is 0 Å². The van der Waals surface area contributed by atoms with Crippen molar-refractivity contribution in [2.75, 3.05) is 7.11 Å². The molecule has 1 aromatic heterocycles. The summed E-state index contributed by atoms with van der Waals surface area (Å²) in [5.74, 6) is 0.662. The molecular weight excluding hydrogens is 158 g/mol. The van der Waals surface area contributed by atoms with E-state index in [1.807, 2.05) is 0 Å². The predicted molar refractivity (Wildman–Crippen MR) is 42.3 cm³/mol. The molecule has 0 N–H and O–H groups in total. The lowest BCUT2D eigenvalue weighted by Gasteiger charge is -1.96. The number of rotatable bonds is 4. The SMILES string of the molecule is COCc1ccoc1CN=[N+]=[N-]. The second kappa shape index (κ2) is 4.43. The van der Waals surface area contributed by atoms with E-state index < -0.39 is 0 Å². The smallest absolute Gasteiger partial charge is 0.115 e. The Morgan fingerprint density at radius 3 is 3.25 bits per heavy atom. The summed E-state index contributed by atoms with van der Waals surface area (Å²) in [5, 5.41) is 3.39. The van der Waals surface area contributed by atoms with Crippen molar-refractivity contribution >= 4 is 0 Å². The van der Waals surface area contributed by atoms with Gasteiger partial charge in [0.05, 0.1) is 19.4 Å². The van der Waals surface area contributed by atoms with Crippen LogP contribution in [0.15, 0.2) is 21.9 Å². The maximum absolute atomic E-state index is 8.07. The van der Waals surface area contributed by atoms with Gasteiger partial charge in [0.2, 0.25) is 0 Å². The van der Waals surface area contributed by atoms with Gasteiger partial charge >= 0.3 is 0 Å². The summed E-state index contributed by atoms with van der Waals surface area (Å²) in [6, 6.07) is 1.80. The van der Waals surface area contributed by atoms with E-state index in [0.29, 0.717) is 12.4 Å². The Balaban J connectivity index is 2.69. The molecule has 5 nitrogen and oxygen atoms in total. The van der Waals surface area contributed by atoms with Crippen LogP contribution in [0.3, 0.4) is 0 Å². The fourth-order valence-corrected chi connectivity index (χ4v) is 0.886. The molecule has 0 aromatic carbocycles. The van der Waals surface area contributed by atoms with Crippen LogP contribution < -0.4 is 0 Å². The molecule has 1 rings (SSSR count). The van der Waals surface area contributed by atoms with Crippen molar-refractivity contribution in [3.8, 4) is 0 Å². The Labute approximate surface area is 69.6 Å². The van der Waals surface area contributed by atoms with Crippen LogP contribution in [-0.4, -0.2) is 7.11 Å². The topological polar surface area (TPSA) is 71.1 Å². The average molecular weight is 167 g/mol. The van der Waals surface area contributed by atoms with Gasteiger partial charge < -0.3 is 9.15 Å². The van der Waals surface area contributed by atoms with Gasteiger partial charge in [0, 0.05) is 17.6 Å². The van der Waals surface area contributed by atoms with Crippen molar-refractivity contribution in [2.45, 2.75) is 13.2 Å². The molecule has 0 aliphatic carbocycles. The predicted octanol–water partition coefficient (Wildman–Crippen LogP) is 2.24. The minimum Gasteiger partial charge on any atom is -0.469 e. The molecule has 0 unspecified atom stereocenters. The zero-order valence-corrected chi connectivity index (χ0v) is 6.73. The summed E-state index contributed by atoms with van der Waals surface area (Å²) in [6.07, 6.45) is 1.55. The Morgan fingerprint density at radius 2 is 2.58 bits per heavy atom. The molecule has 0 amide bonds. The van der Waals surface area contributed by atoms with Crippen molar-refractivity contribution in [2.24, 2.45) is 5.11 Å². The lowest BCUT2D eigenvalue weighted by molar-refractivity contribution is 0.183. The van der Waals surface area contributed by atoms with Crippen LogP contribution in [-0.2, 0) is 17.9 Å². The molecule has 0 radical (unpaired) electrons. The molecule has 12 heavy (non-hydrogen) atoms. The highest BCUT2D eigenvalue weighted by Crippen LogP contribution is 2.12. The Morgan fingerprint density at radius 1 is 1.75 bits per heavy atom. The van der Waals surface area contributed by atoms with Crippen LogP contribution in [0.25, 0.3) is 10.4 Å². The van der Waals surface area contributed by atoms with Gasteiger partial charge in [0.25, 0.3) is 0 Å². The molecule has 0 spiro atoms. The zero-order chi connectivity index (χ0) is 8.81. The van der Waals surface area contributed by atoms with Gasteiger partial charge in [-0.25, -0.2) is 0 Å². The highest BCUT2D eigenvalue weighted by atomic mass is 16.5. The molecule has 1 aromatic rings. The van der Waals surface area contributed by atoms with Gasteiger partial charge in [-0.05, 0) is 11.6 Å². The molecule has 64 valence electrons. The number of ether oxygens (including phenoxy) is 1. The highest BCUT2D eigenvalue weighted by molar-refractivity contribution is 5.15. The first-order valence-electron chi connectivity index (χ1n) is 3.43. The molecule has 0 bridgehead atoms. The fourth-order valence-electron chi connectivity index (χ4n) is 0.886. The number of nitrogens with zero attached hydrogens (tertiary/aromatic N) is 3. The van der Waals surface area contributed by atoms with Crippen molar-refractivity contribution in [1.29, 1.82) is 0 Å². The number of azide groups is 1. The molecular formula is C7H9N3O2. The Kier molecular flexibility index (Phi) is 3.19. The van der Waals surface area contributed by atoms with Crippen LogP contribution in [0.5, 0.6) is 0 Å².